The first-order valence-corrected chi connectivity index (χ1v) is 26.4. The molecule has 0 aliphatic carbocycles. The van der Waals surface area contributed by atoms with Crippen LogP contribution < -0.4 is 53.0 Å². The lowest BCUT2D eigenvalue weighted by Gasteiger charge is -2.32. The van der Waals surface area contributed by atoms with Gasteiger partial charge in [0.15, 0.2) is 0 Å². The summed E-state index contributed by atoms with van der Waals surface area (Å²) in [5, 5.41) is 54.2. The van der Waals surface area contributed by atoms with E-state index in [1.165, 1.54) is 6.92 Å². The second kappa shape index (κ2) is 27.5. The van der Waals surface area contributed by atoms with Crippen LogP contribution in [0.4, 0.5) is 4.79 Å². The Bertz CT molecular complexity index is 2380. The highest BCUT2D eigenvalue weighted by molar-refractivity contribution is 7.99. The van der Waals surface area contributed by atoms with Crippen molar-refractivity contribution in [3.63, 3.8) is 0 Å². The monoisotopic (exact) mass is 1070 g/mol. The van der Waals surface area contributed by atoms with Crippen molar-refractivity contribution in [3.8, 4) is 5.75 Å². The van der Waals surface area contributed by atoms with Crippen molar-refractivity contribution in [1.29, 1.82) is 0 Å². The minimum Gasteiger partial charge on any atom is -0.494 e. The van der Waals surface area contributed by atoms with Crippen molar-refractivity contribution < 1.29 is 67.9 Å². The molecule has 0 saturated carbocycles. The Kier molecular flexibility index (Phi) is 21.9. The Morgan fingerprint density at radius 1 is 0.907 bits per heavy atom. The molecule has 25 nitrogen and oxygen atoms in total. The average molecular weight is 1070 g/mol. The molecule has 10 atom stereocenters. The number of carbonyl (C=O) groups excluding carboxylic acids is 9. The summed E-state index contributed by atoms with van der Waals surface area (Å²) in [7, 11) is 0. The zero-order valence-electron chi connectivity index (χ0n) is 43.4. The smallest absolute Gasteiger partial charge is 0.407 e. The van der Waals surface area contributed by atoms with Crippen molar-refractivity contribution in [3.05, 3.63) is 23.8 Å². The molecule has 26 heteroatoms. The van der Waals surface area contributed by atoms with Crippen molar-refractivity contribution in [1.82, 2.24) is 52.4 Å². The first-order chi connectivity index (χ1) is 35.5. The van der Waals surface area contributed by atoms with Crippen LogP contribution in [-0.2, 0) is 49.5 Å². The van der Waals surface area contributed by atoms with Crippen LogP contribution in [0, 0.1) is 11.8 Å². The minimum absolute atomic E-state index is 0.230. The predicted molar refractivity (Wildman–Crippen MR) is 273 cm³/mol. The van der Waals surface area contributed by atoms with E-state index in [0.717, 1.165) is 35.9 Å². The van der Waals surface area contributed by atoms with Crippen molar-refractivity contribution in [2.24, 2.45) is 17.6 Å². The molecule has 3 aliphatic heterocycles. The van der Waals surface area contributed by atoms with Crippen LogP contribution in [0.3, 0.4) is 0 Å². The van der Waals surface area contributed by atoms with Crippen LogP contribution in [0.15, 0.2) is 23.2 Å². The van der Waals surface area contributed by atoms with E-state index in [1.54, 1.807) is 39.0 Å². The number of nitrogens with two attached hydrogens (primary N) is 1. The van der Waals surface area contributed by atoms with Gasteiger partial charge in [0.2, 0.25) is 47.3 Å². The van der Waals surface area contributed by atoms with Gasteiger partial charge in [-0.25, -0.2) is 4.79 Å². The number of benzene rings is 1. The van der Waals surface area contributed by atoms with E-state index in [0.29, 0.717) is 53.2 Å². The lowest BCUT2D eigenvalue weighted by Crippen LogP contribution is -2.61. The zero-order chi connectivity index (χ0) is 55.1. The van der Waals surface area contributed by atoms with E-state index in [2.05, 4.69) is 47.5 Å². The number of aromatic amines is 1. The van der Waals surface area contributed by atoms with Crippen LogP contribution >= 0.6 is 11.8 Å². The first kappa shape index (κ1) is 59.7. The van der Waals surface area contributed by atoms with Gasteiger partial charge in [-0.05, 0) is 57.2 Å². The fourth-order valence-electron chi connectivity index (χ4n) is 8.77. The van der Waals surface area contributed by atoms with Gasteiger partial charge < -0.3 is 77.6 Å². The van der Waals surface area contributed by atoms with Gasteiger partial charge in [0, 0.05) is 49.1 Å². The quantitative estimate of drug-likeness (QED) is 0.0880. The van der Waals surface area contributed by atoms with Crippen molar-refractivity contribution >= 4 is 76.0 Å². The summed E-state index contributed by atoms with van der Waals surface area (Å²) in [5.41, 5.74) is 5.93. The molecule has 75 heavy (non-hydrogen) atoms. The summed E-state index contributed by atoms with van der Waals surface area (Å²) in [6.45, 7) is 8.96. The van der Waals surface area contributed by atoms with E-state index in [4.69, 9.17) is 15.2 Å². The number of thioether (sulfide) groups is 1. The third-order valence-electron chi connectivity index (χ3n) is 13.2. The van der Waals surface area contributed by atoms with Gasteiger partial charge in [0.1, 0.15) is 41.6 Å². The number of carbonyl (C=O) groups is 9. The number of H-pyrrole nitrogens is 1. The zero-order valence-corrected chi connectivity index (χ0v) is 44.2. The molecular formula is C49H75N11O14S. The summed E-state index contributed by atoms with van der Waals surface area (Å²) in [6, 6.07) is -2.66. The summed E-state index contributed by atoms with van der Waals surface area (Å²) >= 11 is 1.05. The van der Waals surface area contributed by atoms with E-state index in [-0.39, 0.29) is 24.5 Å². The molecule has 3 aliphatic rings. The lowest BCUT2D eigenvalue weighted by molar-refractivity contribution is -0.144. The maximum Gasteiger partial charge on any atom is 0.407 e. The second-order valence-corrected chi connectivity index (χ2v) is 21.3. The molecule has 0 spiro atoms. The molecule has 1 saturated heterocycles. The fraction of sp³-hybridized carbons (Fsp3) is 0.653. The molecule has 0 radical (unpaired) electrons. The molecule has 1 aromatic heterocycles. The van der Waals surface area contributed by atoms with Gasteiger partial charge in [-0.15, -0.1) is 11.8 Å². The third kappa shape index (κ3) is 17.4. The first-order valence-electron chi connectivity index (χ1n) is 25.4. The highest BCUT2D eigenvalue weighted by Gasteiger charge is 2.45. The number of alkyl carbamates (subject to hydrolysis) is 1. The molecule has 2 aromatic rings. The maximum absolute atomic E-state index is 14.6. The van der Waals surface area contributed by atoms with E-state index in [9.17, 15) is 58.5 Å². The fourth-order valence-corrected chi connectivity index (χ4v) is 9.89. The number of aliphatic hydroxyl groups is 3. The van der Waals surface area contributed by atoms with Gasteiger partial charge in [-0.2, -0.15) is 0 Å². The second-order valence-electron chi connectivity index (χ2n) is 20.3. The number of fused-ring (bicyclic) bond motifs is 5. The molecule has 4 heterocycles. The summed E-state index contributed by atoms with van der Waals surface area (Å²) in [4.78, 5) is 128. The van der Waals surface area contributed by atoms with E-state index >= 15 is 0 Å². The van der Waals surface area contributed by atoms with Crippen molar-refractivity contribution in [2.75, 3.05) is 45.1 Å². The lowest BCUT2D eigenvalue weighted by atomic mass is 9.93. The van der Waals surface area contributed by atoms with Gasteiger partial charge in [0.25, 0.3) is 0 Å². The number of primary amides is 1. The Labute approximate surface area is 439 Å². The molecule has 416 valence electrons. The van der Waals surface area contributed by atoms with Crippen LogP contribution in [0.2, 0.25) is 0 Å². The van der Waals surface area contributed by atoms with Crippen molar-refractivity contribution in [2.45, 2.75) is 152 Å². The summed E-state index contributed by atoms with van der Waals surface area (Å²) in [5.74, 6) is -8.33. The summed E-state index contributed by atoms with van der Waals surface area (Å²) < 4.78 is 11.4. The Morgan fingerprint density at radius 3 is 2.32 bits per heavy atom. The Hall–Kier alpha value is -6.22. The largest absolute Gasteiger partial charge is 0.494 e. The molecule has 14 N–H and O–H groups in total. The predicted octanol–water partition coefficient (Wildman–Crippen LogP) is -1.75. The maximum atomic E-state index is 14.6. The van der Waals surface area contributed by atoms with Crippen LogP contribution in [0.5, 0.6) is 5.75 Å². The number of ether oxygens (including phenoxy) is 2. The number of aliphatic hydroxyl groups excluding tert-OH is 3. The third-order valence-corrected chi connectivity index (χ3v) is 14.3. The standard InChI is InChI=1S/C49H75N11O14S/c1-7-25(2)41-52-20-38(65)54-34-24-75-46-30(29-13-12-28(17-31(29)57-46)73-15-11-9-8-10-14-51-48(72)74-49(4,5)6)18-32(42(67)53-21-39(66)58-41)55-45(70)40(26(3)36(63)23-61)59-44(69)35-16-27(62)22-60(35)47(71)33(19-37(50)64)56-43(34)68/h12-13,17,25-27,32-36,40-41,52,57,61-63H,7-11,14-16,18-24H2,1-6H3,(H2,50,64)(H,51,72)(H,53,67)(H,54,65)(H,55,70)(H,56,68)(H,58,66)(H,59,69)/t25?,26-,27+,32?,33?,34-,35?,36?,40-,41-/m0/s1. The number of hydrogen-bond acceptors (Lipinski definition) is 16. The number of amides is 9. The highest BCUT2D eigenvalue weighted by atomic mass is 32.2. The topological polar surface area (TPSA) is 374 Å². The Morgan fingerprint density at radius 2 is 1.63 bits per heavy atom. The molecule has 9 amide bonds. The number of aromatic nitrogens is 1. The van der Waals surface area contributed by atoms with Gasteiger partial charge >= 0.3 is 6.09 Å². The normalized spacial score (nSPS) is 25.1. The highest BCUT2D eigenvalue weighted by Crippen LogP contribution is 2.34. The number of rotatable bonds is 15. The number of nitrogens with zero attached hydrogens (tertiary/aromatic N) is 1. The van der Waals surface area contributed by atoms with Crippen LogP contribution in [-0.4, -0.2) is 178 Å². The molecule has 5 unspecified atom stereocenters. The number of hydrogen-bond donors (Lipinski definition) is 13. The van der Waals surface area contributed by atoms with E-state index < -0.39 is 146 Å². The van der Waals surface area contributed by atoms with E-state index in [1.807, 2.05) is 13.8 Å². The van der Waals surface area contributed by atoms with Crippen LogP contribution in [0.1, 0.15) is 92.1 Å². The minimum atomic E-state index is -1.71. The molecular weight excluding hydrogens is 999 g/mol. The molecule has 1 fully saturated rings. The summed E-state index contributed by atoms with van der Waals surface area (Å²) in [6.07, 6.45) is -1.92. The van der Waals surface area contributed by atoms with Gasteiger partial charge in [0.05, 0.1) is 61.6 Å². The van der Waals surface area contributed by atoms with Gasteiger partial charge in [-0.1, -0.05) is 40.0 Å². The number of nitrogens with one attached hydrogen (secondary N) is 9. The van der Waals surface area contributed by atoms with Gasteiger partial charge in [-0.3, -0.25) is 43.7 Å². The van der Waals surface area contributed by atoms with Crippen LogP contribution in [0.25, 0.3) is 10.9 Å². The molecule has 1 aromatic carbocycles. The SMILES string of the molecule is CCC(C)[C@H]1NCC(=O)N[C@H]2CSc3[nH]c4cc(OCCCCCCNC(=O)OC(C)(C)C)ccc4c3CC(NC(=O)[C@H]([C@@H](C)C(O)CO)NC(=O)C3C[C@@H](O)CN3C(=O)C(CC(N)=O)NC2=O)C(=O)NCC(=O)N1. The molecule has 5 rings (SSSR count). The molecule has 2 bridgehead atoms. The Balaban J connectivity index is 1.57. The number of unbranched alkanes of at least 4 members (excludes halogenated alkanes) is 3. The average Bonchev–Trinajstić information content (AvgIpc) is 3.91.